The van der Waals surface area contributed by atoms with E-state index < -0.39 is 0 Å². The Labute approximate surface area is 179 Å². The fraction of sp³-hybridized carbons (Fsp3) is 0.857. The molecule has 0 saturated carbocycles. The molecule has 0 radical (unpaired) electrons. The smallest absolute Gasteiger partial charge is 0.0169 e. The van der Waals surface area contributed by atoms with Crippen molar-refractivity contribution >= 4 is 0 Å². The van der Waals surface area contributed by atoms with Crippen LogP contribution in [0.4, 0.5) is 0 Å². The molecule has 0 aromatic carbocycles. The number of unbranched alkanes of at least 4 members (excludes halogenated alkanes) is 16. The molecule has 0 spiro atoms. The van der Waals surface area contributed by atoms with Crippen LogP contribution < -0.4 is 0 Å². The van der Waals surface area contributed by atoms with Crippen LogP contribution in [0.3, 0.4) is 0 Å². The third-order valence-electron chi connectivity index (χ3n) is 5.73. The Morgan fingerprint density at radius 3 is 1.29 bits per heavy atom. The number of hydrogen-bond donors (Lipinski definition) is 0. The lowest BCUT2D eigenvalue weighted by molar-refractivity contribution is 0.503. The molecule has 0 amide bonds. The molecule has 0 aromatic rings. The number of allylic oxidation sites excluding steroid dienone is 4. The van der Waals surface area contributed by atoms with E-state index in [0.717, 1.165) is 12.3 Å². The molecule has 0 aliphatic carbocycles. The van der Waals surface area contributed by atoms with Gasteiger partial charge in [0.2, 0.25) is 0 Å². The fourth-order valence-electron chi connectivity index (χ4n) is 3.78. The molecule has 166 valence electrons. The molecule has 0 unspecified atom stereocenters. The van der Waals surface area contributed by atoms with Crippen molar-refractivity contribution in [3.63, 3.8) is 0 Å². The Bertz CT molecular complexity index is 323. The van der Waals surface area contributed by atoms with E-state index in [0.29, 0.717) is 0 Å². The highest BCUT2D eigenvalue weighted by molar-refractivity contribution is 4.92. The molecular weight excluding hydrogens is 336 g/mol. The Balaban J connectivity index is 3.11. The van der Waals surface area contributed by atoms with E-state index in [4.69, 9.17) is 0 Å². The van der Waals surface area contributed by atoms with Crippen LogP contribution in [0.5, 0.6) is 0 Å². The second kappa shape index (κ2) is 24.5. The van der Waals surface area contributed by atoms with Gasteiger partial charge in [0.25, 0.3) is 0 Å². The molecule has 0 rings (SSSR count). The van der Waals surface area contributed by atoms with Crippen molar-refractivity contribution in [1.29, 1.82) is 0 Å². The van der Waals surface area contributed by atoms with E-state index in [1.54, 1.807) is 0 Å². The molecule has 28 heavy (non-hydrogen) atoms. The molecule has 0 saturated heterocycles. The first-order chi connectivity index (χ1) is 13.8. The summed E-state index contributed by atoms with van der Waals surface area (Å²) in [6.07, 6.45) is 37.5. The van der Waals surface area contributed by atoms with E-state index in [2.05, 4.69) is 45.1 Å². The van der Waals surface area contributed by atoms with Gasteiger partial charge in [-0.25, -0.2) is 0 Å². The standard InChI is InChI=1S/C28H54/c1-4-5-6-7-8-9-10-11-12-13-14-15-16-17-18-19-20-21-22-23-24-25-26-27-28(2)3/h8-9,11-12,28H,4-7,10,13-27H2,1-3H3. The maximum atomic E-state index is 2.39. The lowest BCUT2D eigenvalue weighted by Crippen LogP contribution is -1.87. The topological polar surface area (TPSA) is 0 Å². The van der Waals surface area contributed by atoms with Crippen molar-refractivity contribution in [3.8, 4) is 0 Å². The summed E-state index contributed by atoms with van der Waals surface area (Å²) in [5.41, 5.74) is 0. The average molecular weight is 391 g/mol. The Morgan fingerprint density at radius 2 is 0.857 bits per heavy atom. The Morgan fingerprint density at radius 1 is 0.464 bits per heavy atom. The predicted molar refractivity (Wildman–Crippen MR) is 131 cm³/mol. The lowest BCUT2D eigenvalue weighted by atomic mass is 10.0. The van der Waals surface area contributed by atoms with Gasteiger partial charge in [-0.1, -0.05) is 141 Å². The van der Waals surface area contributed by atoms with Crippen LogP contribution >= 0.6 is 0 Å². The van der Waals surface area contributed by atoms with Gasteiger partial charge in [0.1, 0.15) is 0 Å². The molecule has 0 bridgehead atoms. The van der Waals surface area contributed by atoms with Crippen LogP contribution in [0.15, 0.2) is 24.3 Å². The fourth-order valence-corrected chi connectivity index (χ4v) is 3.78. The van der Waals surface area contributed by atoms with Crippen molar-refractivity contribution in [2.75, 3.05) is 0 Å². The van der Waals surface area contributed by atoms with Crippen LogP contribution in [0, 0.1) is 5.92 Å². The molecule has 0 heterocycles. The summed E-state index contributed by atoms with van der Waals surface area (Å²) in [5, 5.41) is 0. The summed E-state index contributed by atoms with van der Waals surface area (Å²) >= 11 is 0. The normalized spacial score (nSPS) is 12.1. The van der Waals surface area contributed by atoms with Gasteiger partial charge in [0, 0.05) is 0 Å². The minimum absolute atomic E-state index is 0.892. The van der Waals surface area contributed by atoms with Gasteiger partial charge < -0.3 is 0 Å². The monoisotopic (exact) mass is 390 g/mol. The first-order valence-electron chi connectivity index (χ1n) is 13.1. The van der Waals surface area contributed by atoms with Gasteiger partial charge >= 0.3 is 0 Å². The Hall–Kier alpha value is -0.520. The molecule has 0 aromatic heterocycles. The minimum atomic E-state index is 0.892. The predicted octanol–water partition coefficient (Wildman–Crippen LogP) is 10.6. The zero-order valence-corrected chi connectivity index (χ0v) is 20.0. The van der Waals surface area contributed by atoms with Gasteiger partial charge in [-0.15, -0.1) is 0 Å². The number of rotatable bonds is 22. The van der Waals surface area contributed by atoms with Gasteiger partial charge in [0.05, 0.1) is 0 Å². The summed E-state index contributed by atoms with van der Waals surface area (Å²) in [5.74, 6) is 0.892. The largest absolute Gasteiger partial charge is 0.0882 e. The highest BCUT2D eigenvalue weighted by Gasteiger charge is 1.96. The number of hydrogen-bond acceptors (Lipinski definition) is 0. The summed E-state index contributed by atoms with van der Waals surface area (Å²) in [7, 11) is 0. The van der Waals surface area contributed by atoms with Crippen LogP contribution in [0.1, 0.15) is 149 Å². The van der Waals surface area contributed by atoms with E-state index in [1.807, 2.05) is 0 Å². The Kier molecular flexibility index (Phi) is 24.1. The van der Waals surface area contributed by atoms with E-state index in [-0.39, 0.29) is 0 Å². The van der Waals surface area contributed by atoms with Gasteiger partial charge in [0.15, 0.2) is 0 Å². The maximum Gasteiger partial charge on any atom is -0.0169 e. The summed E-state index contributed by atoms with van der Waals surface area (Å²) in [6, 6.07) is 0. The zero-order chi connectivity index (χ0) is 20.5. The van der Waals surface area contributed by atoms with Crippen LogP contribution in [-0.4, -0.2) is 0 Å². The third kappa shape index (κ3) is 25.5. The molecule has 0 aliphatic rings. The van der Waals surface area contributed by atoms with E-state index in [1.165, 1.54) is 122 Å². The summed E-state index contributed by atoms with van der Waals surface area (Å²) in [4.78, 5) is 0. The minimum Gasteiger partial charge on any atom is -0.0882 e. The molecular formula is C28H54. The molecule has 0 fully saturated rings. The first kappa shape index (κ1) is 27.5. The SMILES string of the molecule is CCCCCC=CCC=CCCCCCCCCCCCCCCCC(C)C. The highest BCUT2D eigenvalue weighted by atomic mass is 14.0. The van der Waals surface area contributed by atoms with Crippen molar-refractivity contribution in [2.45, 2.75) is 149 Å². The van der Waals surface area contributed by atoms with Crippen molar-refractivity contribution in [2.24, 2.45) is 5.92 Å². The van der Waals surface area contributed by atoms with Crippen molar-refractivity contribution in [1.82, 2.24) is 0 Å². The third-order valence-corrected chi connectivity index (χ3v) is 5.73. The molecule has 0 atom stereocenters. The van der Waals surface area contributed by atoms with Crippen molar-refractivity contribution < 1.29 is 0 Å². The highest BCUT2D eigenvalue weighted by Crippen LogP contribution is 2.14. The molecule has 0 nitrogen and oxygen atoms in total. The maximum absolute atomic E-state index is 2.39. The summed E-state index contributed by atoms with van der Waals surface area (Å²) < 4.78 is 0. The first-order valence-corrected chi connectivity index (χ1v) is 13.1. The zero-order valence-electron chi connectivity index (χ0n) is 20.0. The molecule has 0 aliphatic heterocycles. The van der Waals surface area contributed by atoms with Gasteiger partial charge in [-0.05, 0) is 38.0 Å². The average Bonchev–Trinajstić information content (AvgIpc) is 2.68. The molecule has 0 N–H and O–H groups in total. The second-order valence-electron chi connectivity index (χ2n) is 9.24. The van der Waals surface area contributed by atoms with Gasteiger partial charge in [-0.3, -0.25) is 0 Å². The van der Waals surface area contributed by atoms with Crippen LogP contribution in [-0.2, 0) is 0 Å². The molecule has 0 heteroatoms. The van der Waals surface area contributed by atoms with E-state index in [9.17, 15) is 0 Å². The lowest BCUT2D eigenvalue weighted by Gasteiger charge is -2.04. The van der Waals surface area contributed by atoms with E-state index >= 15 is 0 Å². The van der Waals surface area contributed by atoms with Crippen LogP contribution in [0.25, 0.3) is 0 Å². The van der Waals surface area contributed by atoms with Crippen molar-refractivity contribution in [3.05, 3.63) is 24.3 Å². The second-order valence-corrected chi connectivity index (χ2v) is 9.24. The van der Waals surface area contributed by atoms with Gasteiger partial charge in [-0.2, -0.15) is 0 Å². The van der Waals surface area contributed by atoms with Crippen LogP contribution in [0.2, 0.25) is 0 Å². The summed E-state index contributed by atoms with van der Waals surface area (Å²) in [6.45, 7) is 6.95. The quantitative estimate of drug-likeness (QED) is 0.127.